The van der Waals surface area contributed by atoms with Crippen LogP contribution in [0.15, 0.2) is 36.5 Å². The fourth-order valence-electron chi connectivity index (χ4n) is 9.78. The molecular weight excluding hydrogens is 875 g/mol. The zero-order valence-corrected chi connectivity index (χ0v) is 47.7. The summed E-state index contributed by atoms with van der Waals surface area (Å²) in [5.41, 5.74) is 0. The summed E-state index contributed by atoms with van der Waals surface area (Å²) in [6.07, 6.45) is 76.1. The lowest BCUT2D eigenvalue weighted by atomic mass is 10.0. The summed E-state index contributed by atoms with van der Waals surface area (Å²) in [4.78, 5) is 24.6. The number of hydrogen-bond donors (Lipinski definition) is 3. The first-order valence-electron chi connectivity index (χ1n) is 31.8. The molecule has 0 aliphatic carbocycles. The maximum absolute atomic E-state index is 12.5. The van der Waals surface area contributed by atoms with Crippen LogP contribution in [-0.2, 0) is 14.3 Å². The highest BCUT2D eigenvalue weighted by molar-refractivity contribution is 5.76. The van der Waals surface area contributed by atoms with Gasteiger partial charge in [-0.25, -0.2) is 0 Å². The van der Waals surface area contributed by atoms with E-state index in [-0.39, 0.29) is 18.5 Å². The van der Waals surface area contributed by atoms with Gasteiger partial charge in [-0.05, 0) is 64.2 Å². The molecule has 0 aromatic rings. The van der Waals surface area contributed by atoms with Crippen molar-refractivity contribution in [2.45, 2.75) is 353 Å². The summed E-state index contributed by atoms with van der Waals surface area (Å²) in [6, 6.07) is -0.632. The smallest absolute Gasteiger partial charge is 0.305 e. The van der Waals surface area contributed by atoms with E-state index in [1.54, 1.807) is 6.08 Å². The maximum Gasteiger partial charge on any atom is 0.305 e. The number of rotatable bonds is 59. The van der Waals surface area contributed by atoms with Gasteiger partial charge in [-0.3, -0.25) is 9.59 Å². The number of carbonyl (C=O) groups excluding carboxylic acids is 2. The number of ether oxygens (including phenoxy) is 1. The van der Waals surface area contributed by atoms with Gasteiger partial charge in [0.15, 0.2) is 0 Å². The van der Waals surface area contributed by atoms with Crippen molar-refractivity contribution in [1.29, 1.82) is 0 Å². The van der Waals surface area contributed by atoms with E-state index in [2.05, 4.69) is 43.5 Å². The van der Waals surface area contributed by atoms with Crippen LogP contribution in [0.1, 0.15) is 341 Å². The van der Waals surface area contributed by atoms with Crippen LogP contribution in [0.2, 0.25) is 0 Å². The second-order valence-electron chi connectivity index (χ2n) is 21.7. The molecule has 0 saturated carbocycles. The van der Waals surface area contributed by atoms with E-state index in [4.69, 9.17) is 4.74 Å². The van der Waals surface area contributed by atoms with Crippen molar-refractivity contribution in [2.24, 2.45) is 0 Å². The van der Waals surface area contributed by atoms with Crippen molar-refractivity contribution in [3.05, 3.63) is 36.5 Å². The van der Waals surface area contributed by atoms with Gasteiger partial charge in [-0.1, -0.05) is 301 Å². The van der Waals surface area contributed by atoms with Crippen LogP contribution >= 0.6 is 0 Å². The predicted octanol–water partition coefficient (Wildman–Crippen LogP) is 20.0. The number of esters is 1. The van der Waals surface area contributed by atoms with Gasteiger partial charge in [0.25, 0.3) is 0 Å². The summed E-state index contributed by atoms with van der Waals surface area (Å²) in [7, 11) is 0. The first kappa shape index (κ1) is 69.1. The number of allylic oxidation sites excluding steroid dienone is 5. The minimum atomic E-state index is -0.848. The highest BCUT2D eigenvalue weighted by Crippen LogP contribution is 2.18. The summed E-state index contributed by atoms with van der Waals surface area (Å²) < 4.78 is 5.49. The zero-order chi connectivity index (χ0) is 51.4. The topological polar surface area (TPSA) is 95.9 Å². The van der Waals surface area contributed by atoms with Gasteiger partial charge >= 0.3 is 5.97 Å². The van der Waals surface area contributed by atoms with Crippen molar-refractivity contribution in [1.82, 2.24) is 5.32 Å². The molecule has 2 unspecified atom stereocenters. The monoisotopic (exact) mass is 998 g/mol. The average molecular weight is 999 g/mol. The minimum absolute atomic E-state index is 0.000943. The molecule has 0 aromatic heterocycles. The normalized spacial score (nSPS) is 12.8. The van der Waals surface area contributed by atoms with Gasteiger partial charge in [-0.2, -0.15) is 0 Å². The Labute approximate surface area is 443 Å². The van der Waals surface area contributed by atoms with Gasteiger partial charge in [0.1, 0.15) is 0 Å². The lowest BCUT2D eigenvalue weighted by molar-refractivity contribution is -0.143. The Morgan fingerprint density at radius 2 is 0.704 bits per heavy atom. The van der Waals surface area contributed by atoms with Crippen LogP contribution in [-0.4, -0.2) is 47.4 Å². The van der Waals surface area contributed by atoms with Crippen molar-refractivity contribution in [3.63, 3.8) is 0 Å². The van der Waals surface area contributed by atoms with Gasteiger partial charge in [0, 0.05) is 12.8 Å². The lowest BCUT2D eigenvalue weighted by Crippen LogP contribution is -2.45. The molecule has 0 spiro atoms. The first-order chi connectivity index (χ1) is 35.0. The fraction of sp³-hybridized carbons (Fsp3) is 0.877. The van der Waals surface area contributed by atoms with Crippen LogP contribution in [0, 0.1) is 0 Å². The molecule has 0 saturated heterocycles. The number of aliphatic hydroxyl groups excluding tert-OH is 2. The Morgan fingerprint density at radius 3 is 1.10 bits per heavy atom. The Bertz CT molecular complexity index is 1150. The zero-order valence-electron chi connectivity index (χ0n) is 47.7. The van der Waals surface area contributed by atoms with Crippen LogP contribution in [0.5, 0.6) is 0 Å². The van der Waals surface area contributed by atoms with Gasteiger partial charge < -0.3 is 20.3 Å². The van der Waals surface area contributed by atoms with E-state index in [1.165, 1.54) is 263 Å². The number of carbonyl (C=O) groups is 2. The number of aliphatic hydroxyl groups is 2. The third kappa shape index (κ3) is 57.2. The van der Waals surface area contributed by atoms with E-state index < -0.39 is 12.1 Å². The molecule has 6 nitrogen and oxygen atoms in total. The van der Waals surface area contributed by atoms with Crippen molar-refractivity contribution in [2.75, 3.05) is 13.2 Å². The molecule has 2 atom stereocenters. The second kappa shape index (κ2) is 60.6. The third-order valence-corrected chi connectivity index (χ3v) is 14.7. The van der Waals surface area contributed by atoms with E-state index in [0.717, 1.165) is 51.4 Å². The number of unbranched alkanes of at least 4 members (excludes halogenated alkanes) is 44. The molecule has 418 valence electrons. The average Bonchev–Trinajstić information content (AvgIpc) is 3.37. The standard InChI is InChI=1S/C65H123NO5/c1-3-5-7-9-11-13-15-17-19-21-22-26-29-33-37-41-45-49-53-57-63(68)62(61-67)66-64(69)58-54-50-46-42-38-34-30-27-23-24-28-32-36-40-44-48-52-56-60-71-65(70)59-55-51-47-43-39-35-31-25-20-18-16-14-12-10-8-6-4-2/h12,14,18,20,53,57,62-63,67-68H,3-11,13,15-17,19,21-52,54-56,58-61H2,1-2H3,(H,66,69)/b14-12-,20-18-,57-53+. The molecule has 0 radical (unpaired) electrons. The molecule has 0 heterocycles. The minimum Gasteiger partial charge on any atom is -0.466 e. The van der Waals surface area contributed by atoms with E-state index in [1.807, 2.05) is 6.08 Å². The molecule has 0 aliphatic rings. The molecule has 1 amide bonds. The molecule has 6 heteroatoms. The highest BCUT2D eigenvalue weighted by Gasteiger charge is 2.18. The van der Waals surface area contributed by atoms with Crippen LogP contribution in [0.3, 0.4) is 0 Å². The van der Waals surface area contributed by atoms with Crippen LogP contribution in [0.25, 0.3) is 0 Å². The molecule has 0 bridgehead atoms. The summed E-state index contributed by atoms with van der Waals surface area (Å²) >= 11 is 0. The Balaban J connectivity index is 3.44. The molecule has 3 N–H and O–H groups in total. The molecule has 0 fully saturated rings. The summed E-state index contributed by atoms with van der Waals surface area (Å²) in [5.74, 6) is -0.0707. The van der Waals surface area contributed by atoms with Crippen LogP contribution < -0.4 is 5.32 Å². The van der Waals surface area contributed by atoms with Crippen molar-refractivity contribution < 1.29 is 24.5 Å². The van der Waals surface area contributed by atoms with Gasteiger partial charge in [0.05, 0.1) is 25.4 Å². The number of amides is 1. The van der Waals surface area contributed by atoms with Crippen molar-refractivity contribution in [3.8, 4) is 0 Å². The molecule has 0 rings (SSSR count). The van der Waals surface area contributed by atoms with Gasteiger partial charge in [-0.15, -0.1) is 0 Å². The second-order valence-corrected chi connectivity index (χ2v) is 21.7. The largest absolute Gasteiger partial charge is 0.466 e. The van der Waals surface area contributed by atoms with Crippen LogP contribution in [0.4, 0.5) is 0 Å². The quantitative estimate of drug-likeness (QED) is 0.0321. The maximum atomic E-state index is 12.5. The molecule has 0 aliphatic heterocycles. The van der Waals surface area contributed by atoms with E-state index >= 15 is 0 Å². The molecule has 71 heavy (non-hydrogen) atoms. The number of nitrogens with one attached hydrogen (secondary N) is 1. The van der Waals surface area contributed by atoms with Gasteiger partial charge in [0.2, 0.25) is 5.91 Å². The Kier molecular flexibility index (Phi) is 59.0. The summed E-state index contributed by atoms with van der Waals surface area (Å²) in [6.45, 7) is 4.89. The first-order valence-corrected chi connectivity index (χ1v) is 31.8. The van der Waals surface area contributed by atoms with E-state index in [9.17, 15) is 19.8 Å². The SMILES string of the molecule is CCCCC/C=C\C/C=C\CCCCCCCCCC(=O)OCCCCCCCCCCCCCCCCCCCCC(=O)NC(CO)C(O)/C=C/CCCCCCCCCCCCCCCCCCC. The van der Waals surface area contributed by atoms with E-state index in [0.29, 0.717) is 19.4 Å². The lowest BCUT2D eigenvalue weighted by Gasteiger charge is -2.20. The molecular formula is C65H123NO5. The third-order valence-electron chi connectivity index (χ3n) is 14.7. The summed E-state index contributed by atoms with van der Waals surface area (Å²) in [5, 5.41) is 23.2. The molecule has 0 aromatic carbocycles. The Hall–Kier alpha value is -1.92. The highest BCUT2D eigenvalue weighted by atomic mass is 16.5. The number of hydrogen-bond acceptors (Lipinski definition) is 5. The van der Waals surface area contributed by atoms with Crippen molar-refractivity contribution >= 4 is 11.9 Å². The fourth-order valence-corrected chi connectivity index (χ4v) is 9.78. The Morgan fingerprint density at radius 1 is 0.394 bits per heavy atom. The predicted molar refractivity (Wildman–Crippen MR) is 310 cm³/mol.